The molecule has 0 radical (unpaired) electrons. The van der Waals surface area contributed by atoms with Crippen LogP contribution in [0, 0.1) is 0 Å². The van der Waals surface area contributed by atoms with Crippen molar-refractivity contribution in [2.24, 2.45) is 0 Å². The number of benzene rings is 2. The van der Waals surface area contributed by atoms with Crippen molar-refractivity contribution in [2.75, 3.05) is 46.0 Å². The smallest absolute Gasteiger partial charge is 0.407 e. The Hall–Kier alpha value is -3.91. The van der Waals surface area contributed by atoms with Crippen LogP contribution < -0.4 is 20.7 Å². The van der Waals surface area contributed by atoms with Crippen LogP contribution >= 0.6 is 0 Å². The molecule has 248 valence electrons. The quantitative estimate of drug-likeness (QED) is 0.169. The highest BCUT2D eigenvalue weighted by Gasteiger charge is 2.27. The van der Waals surface area contributed by atoms with E-state index in [-0.39, 0.29) is 38.4 Å². The van der Waals surface area contributed by atoms with Gasteiger partial charge in [-0.2, -0.15) is 0 Å². The number of ether oxygens (including phenoxy) is 3. The monoisotopic (exact) mass is 630 g/mol. The first-order valence-electron chi connectivity index (χ1n) is 15.1. The van der Waals surface area contributed by atoms with Crippen LogP contribution in [0.2, 0.25) is 0 Å². The standard InChI is InChI=1S/C32H46N4O9/c1-32(2,3)45-31(42)35-26(18-23-9-11-24(12-10-23)44-21-29(39)36-13-15-43-16-14-36)28(38)20-33-19-27(37)25(34-30(40)41)17-22-7-5-4-6-8-22/h4-12,25-28,33-34,37-38H,13-21H2,1-3H3,(H,35,42)(H,40,41)/t25-,26-,27+,28?/m0/s1. The first kappa shape index (κ1) is 35.6. The van der Waals surface area contributed by atoms with Crippen LogP contribution in [-0.4, -0.2) is 114 Å². The van der Waals surface area contributed by atoms with E-state index in [1.54, 1.807) is 49.9 Å². The number of amides is 3. The van der Waals surface area contributed by atoms with Gasteiger partial charge in [-0.15, -0.1) is 0 Å². The average molecular weight is 631 g/mol. The van der Waals surface area contributed by atoms with Gasteiger partial charge in [0, 0.05) is 26.2 Å². The summed E-state index contributed by atoms with van der Waals surface area (Å²) in [5.41, 5.74) is 0.900. The first-order valence-corrected chi connectivity index (χ1v) is 15.1. The van der Waals surface area contributed by atoms with E-state index < -0.39 is 42.1 Å². The molecule has 0 spiro atoms. The predicted octanol–water partition coefficient (Wildman–Crippen LogP) is 1.55. The third kappa shape index (κ3) is 13.3. The number of carboxylic acid groups (broad SMARTS) is 1. The molecule has 2 aromatic carbocycles. The highest BCUT2D eigenvalue weighted by Crippen LogP contribution is 2.16. The molecule has 1 saturated heterocycles. The van der Waals surface area contributed by atoms with Gasteiger partial charge in [-0.1, -0.05) is 42.5 Å². The molecule has 13 heteroatoms. The number of morpholine rings is 1. The number of nitrogens with zero attached hydrogens (tertiary/aromatic N) is 1. The molecular formula is C32H46N4O9. The lowest BCUT2D eigenvalue weighted by Gasteiger charge is -2.28. The van der Waals surface area contributed by atoms with Crippen LogP contribution in [-0.2, 0) is 27.1 Å². The number of alkyl carbamates (subject to hydrolysis) is 1. The number of hydrogen-bond acceptors (Lipinski definition) is 9. The van der Waals surface area contributed by atoms with E-state index in [9.17, 15) is 29.7 Å². The number of hydrogen-bond donors (Lipinski definition) is 6. The van der Waals surface area contributed by atoms with Gasteiger partial charge in [0.2, 0.25) is 0 Å². The summed E-state index contributed by atoms with van der Waals surface area (Å²) in [6, 6.07) is 14.7. The second-order valence-electron chi connectivity index (χ2n) is 11.9. The normalized spacial score (nSPS) is 16.2. The van der Waals surface area contributed by atoms with E-state index in [1.165, 1.54) is 0 Å². The van der Waals surface area contributed by atoms with Crippen LogP contribution in [0.4, 0.5) is 9.59 Å². The molecule has 1 unspecified atom stereocenters. The minimum absolute atomic E-state index is 0.00645. The van der Waals surface area contributed by atoms with Crippen LogP contribution in [0.1, 0.15) is 31.9 Å². The van der Waals surface area contributed by atoms with Gasteiger partial charge in [0.05, 0.1) is 37.5 Å². The van der Waals surface area contributed by atoms with Crippen molar-refractivity contribution in [1.29, 1.82) is 0 Å². The molecule has 3 rings (SSSR count). The van der Waals surface area contributed by atoms with Crippen molar-refractivity contribution in [2.45, 2.75) is 63.5 Å². The van der Waals surface area contributed by atoms with Crippen molar-refractivity contribution < 1.29 is 43.9 Å². The molecule has 0 aromatic heterocycles. The second-order valence-corrected chi connectivity index (χ2v) is 11.9. The molecule has 6 N–H and O–H groups in total. The highest BCUT2D eigenvalue weighted by molar-refractivity contribution is 5.77. The molecular weight excluding hydrogens is 584 g/mol. The molecule has 2 aromatic rings. The molecule has 3 amide bonds. The third-order valence-corrected chi connectivity index (χ3v) is 7.05. The minimum atomic E-state index is -1.25. The first-order chi connectivity index (χ1) is 21.4. The van der Waals surface area contributed by atoms with E-state index in [1.807, 2.05) is 30.3 Å². The lowest BCUT2D eigenvalue weighted by Crippen LogP contribution is -2.52. The fourth-order valence-electron chi connectivity index (χ4n) is 4.74. The summed E-state index contributed by atoms with van der Waals surface area (Å²) < 4.78 is 16.3. The zero-order valence-electron chi connectivity index (χ0n) is 26.1. The van der Waals surface area contributed by atoms with E-state index in [0.717, 1.165) is 11.1 Å². The van der Waals surface area contributed by atoms with Crippen LogP contribution in [0.3, 0.4) is 0 Å². The fraction of sp³-hybridized carbons (Fsp3) is 0.531. The van der Waals surface area contributed by atoms with Gasteiger partial charge >= 0.3 is 12.2 Å². The molecule has 1 fully saturated rings. The van der Waals surface area contributed by atoms with Gasteiger partial charge in [0.1, 0.15) is 11.4 Å². The number of nitrogens with one attached hydrogen (secondary N) is 3. The zero-order valence-corrected chi connectivity index (χ0v) is 26.1. The second kappa shape index (κ2) is 17.5. The summed E-state index contributed by atoms with van der Waals surface area (Å²) >= 11 is 0. The highest BCUT2D eigenvalue weighted by atomic mass is 16.6. The van der Waals surface area contributed by atoms with Gasteiger partial charge in [0.15, 0.2) is 6.61 Å². The molecule has 0 saturated carbocycles. The molecule has 0 bridgehead atoms. The van der Waals surface area contributed by atoms with Crippen molar-refractivity contribution in [3.05, 3.63) is 65.7 Å². The van der Waals surface area contributed by atoms with Crippen LogP contribution in [0.25, 0.3) is 0 Å². The Morgan fingerprint density at radius 2 is 1.42 bits per heavy atom. The summed E-state index contributed by atoms with van der Waals surface area (Å²) in [5, 5.41) is 39.2. The summed E-state index contributed by atoms with van der Waals surface area (Å²) in [5.74, 6) is 0.392. The molecule has 0 aliphatic carbocycles. The Labute approximate surface area is 263 Å². The van der Waals surface area contributed by atoms with Crippen molar-refractivity contribution in [1.82, 2.24) is 20.9 Å². The van der Waals surface area contributed by atoms with E-state index in [0.29, 0.717) is 32.1 Å². The Balaban J connectivity index is 1.58. The maximum Gasteiger partial charge on any atom is 0.407 e. The third-order valence-electron chi connectivity index (χ3n) is 7.05. The van der Waals surface area contributed by atoms with Crippen molar-refractivity contribution in [3.8, 4) is 5.75 Å². The summed E-state index contributed by atoms with van der Waals surface area (Å²) in [6.45, 7) is 7.20. The van der Waals surface area contributed by atoms with Gasteiger partial charge in [-0.05, 0) is 56.9 Å². The molecule has 1 aliphatic heterocycles. The molecule has 4 atom stereocenters. The largest absolute Gasteiger partial charge is 0.484 e. The average Bonchev–Trinajstić information content (AvgIpc) is 2.99. The SMILES string of the molecule is CC(C)(C)OC(=O)N[C@@H](Cc1ccc(OCC(=O)N2CCOCC2)cc1)C(O)CNC[C@@H](O)[C@H](Cc1ccccc1)NC(=O)O. The number of aliphatic hydroxyl groups excluding tert-OH is 2. The van der Waals surface area contributed by atoms with Crippen LogP contribution in [0.5, 0.6) is 5.75 Å². The molecule has 45 heavy (non-hydrogen) atoms. The number of aliphatic hydroxyl groups is 2. The van der Waals surface area contributed by atoms with E-state index in [2.05, 4.69) is 16.0 Å². The maximum absolute atomic E-state index is 12.6. The van der Waals surface area contributed by atoms with Gasteiger partial charge < -0.3 is 50.4 Å². The fourth-order valence-corrected chi connectivity index (χ4v) is 4.74. The zero-order chi connectivity index (χ0) is 32.8. The van der Waals surface area contributed by atoms with E-state index in [4.69, 9.17) is 14.2 Å². The lowest BCUT2D eigenvalue weighted by molar-refractivity contribution is -0.137. The van der Waals surface area contributed by atoms with Crippen molar-refractivity contribution in [3.63, 3.8) is 0 Å². The molecule has 1 heterocycles. The Bertz CT molecular complexity index is 1200. The summed E-state index contributed by atoms with van der Waals surface area (Å²) in [6.07, 6.45) is -3.60. The van der Waals surface area contributed by atoms with Crippen molar-refractivity contribution >= 4 is 18.1 Å². The van der Waals surface area contributed by atoms with E-state index >= 15 is 0 Å². The Kier molecular flexibility index (Phi) is 13.9. The lowest BCUT2D eigenvalue weighted by atomic mass is 10.00. The van der Waals surface area contributed by atoms with Gasteiger partial charge in [-0.3, -0.25) is 4.79 Å². The number of carbonyl (C=O) groups is 3. The minimum Gasteiger partial charge on any atom is -0.484 e. The Morgan fingerprint density at radius 1 is 0.867 bits per heavy atom. The summed E-state index contributed by atoms with van der Waals surface area (Å²) in [4.78, 5) is 38.0. The maximum atomic E-state index is 12.6. The molecule has 13 nitrogen and oxygen atoms in total. The molecule has 1 aliphatic rings. The topological polar surface area (TPSA) is 179 Å². The van der Waals surface area contributed by atoms with Gasteiger partial charge in [-0.25, -0.2) is 9.59 Å². The van der Waals surface area contributed by atoms with Gasteiger partial charge in [0.25, 0.3) is 5.91 Å². The Morgan fingerprint density at radius 3 is 1.98 bits per heavy atom. The van der Waals surface area contributed by atoms with Crippen LogP contribution in [0.15, 0.2) is 54.6 Å². The summed E-state index contributed by atoms with van der Waals surface area (Å²) in [7, 11) is 0. The predicted molar refractivity (Wildman–Crippen MR) is 166 cm³/mol. The number of carbonyl (C=O) groups excluding carboxylic acids is 2. The number of rotatable bonds is 15.